The molecular weight excluding hydrogens is 274 g/mol. The molecule has 104 valence electrons. The third kappa shape index (κ3) is 3.81. The monoisotopic (exact) mass is 289 g/mol. The van der Waals surface area contributed by atoms with Crippen LogP contribution in [0.4, 0.5) is 0 Å². The van der Waals surface area contributed by atoms with Gasteiger partial charge in [0, 0.05) is 18.8 Å². The van der Waals surface area contributed by atoms with E-state index in [1.807, 2.05) is 36.4 Å². The highest BCUT2D eigenvalue weighted by molar-refractivity contribution is 6.22. The SMILES string of the molecule is COC(=O)CCc1ccc(C(Cl)c2cccnc2)cc1. The van der Waals surface area contributed by atoms with Gasteiger partial charge in [0.25, 0.3) is 0 Å². The fourth-order valence-corrected chi connectivity index (χ4v) is 2.19. The number of halogens is 1. The summed E-state index contributed by atoms with van der Waals surface area (Å²) in [5, 5.41) is -0.210. The Morgan fingerprint density at radius 2 is 2.00 bits per heavy atom. The predicted molar refractivity (Wildman–Crippen MR) is 78.7 cm³/mol. The Morgan fingerprint density at radius 3 is 2.60 bits per heavy atom. The lowest BCUT2D eigenvalue weighted by molar-refractivity contribution is -0.140. The first-order valence-electron chi connectivity index (χ1n) is 6.40. The first kappa shape index (κ1) is 14.5. The maximum atomic E-state index is 11.1. The molecular formula is C16H16ClNO2. The van der Waals surface area contributed by atoms with Crippen molar-refractivity contribution in [3.8, 4) is 0 Å². The molecule has 1 aromatic carbocycles. The molecule has 4 heteroatoms. The summed E-state index contributed by atoms with van der Waals surface area (Å²) in [6.45, 7) is 0. The van der Waals surface area contributed by atoms with Gasteiger partial charge in [0.15, 0.2) is 0 Å². The second-order valence-electron chi connectivity index (χ2n) is 4.47. The summed E-state index contributed by atoms with van der Waals surface area (Å²) >= 11 is 6.42. The van der Waals surface area contributed by atoms with Crippen LogP contribution in [-0.2, 0) is 16.0 Å². The van der Waals surface area contributed by atoms with Gasteiger partial charge in [-0.25, -0.2) is 0 Å². The van der Waals surface area contributed by atoms with E-state index in [1.54, 1.807) is 12.4 Å². The van der Waals surface area contributed by atoms with E-state index in [4.69, 9.17) is 11.6 Å². The Kier molecular flexibility index (Phi) is 5.13. The summed E-state index contributed by atoms with van der Waals surface area (Å²) < 4.78 is 4.62. The van der Waals surface area contributed by atoms with Gasteiger partial charge in [-0.1, -0.05) is 30.3 Å². The minimum Gasteiger partial charge on any atom is -0.469 e. The standard InChI is InChI=1S/C16H16ClNO2/c1-20-15(19)9-6-12-4-7-13(8-5-12)16(17)14-3-2-10-18-11-14/h2-5,7-8,10-11,16H,6,9H2,1H3. The molecule has 2 aromatic rings. The lowest BCUT2D eigenvalue weighted by Gasteiger charge is -2.10. The highest BCUT2D eigenvalue weighted by Gasteiger charge is 2.10. The number of aromatic nitrogens is 1. The third-order valence-electron chi connectivity index (χ3n) is 3.09. The number of hydrogen-bond acceptors (Lipinski definition) is 3. The highest BCUT2D eigenvalue weighted by Crippen LogP contribution is 2.28. The largest absolute Gasteiger partial charge is 0.469 e. The van der Waals surface area contributed by atoms with Crippen LogP contribution in [-0.4, -0.2) is 18.1 Å². The zero-order valence-electron chi connectivity index (χ0n) is 11.3. The summed E-state index contributed by atoms with van der Waals surface area (Å²) in [6.07, 6.45) is 4.56. The van der Waals surface area contributed by atoms with Crippen LogP contribution >= 0.6 is 11.6 Å². The van der Waals surface area contributed by atoms with E-state index in [0.717, 1.165) is 16.7 Å². The van der Waals surface area contributed by atoms with Crippen molar-refractivity contribution >= 4 is 17.6 Å². The molecule has 1 atom stereocenters. The summed E-state index contributed by atoms with van der Waals surface area (Å²) in [4.78, 5) is 15.2. The normalized spacial score (nSPS) is 11.9. The maximum Gasteiger partial charge on any atom is 0.305 e. The number of ether oxygens (including phenoxy) is 1. The molecule has 0 aliphatic heterocycles. The van der Waals surface area contributed by atoms with E-state index < -0.39 is 0 Å². The fourth-order valence-electron chi connectivity index (χ4n) is 1.92. The molecule has 3 nitrogen and oxygen atoms in total. The number of alkyl halides is 1. The zero-order valence-corrected chi connectivity index (χ0v) is 12.0. The average Bonchev–Trinajstić information content (AvgIpc) is 2.53. The Bertz CT molecular complexity index is 554. The van der Waals surface area contributed by atoms with Crippen LogP contribution in [0.2, 0.25) is 0 Å². The average molecular weight is 290 g/mol. The Balaban J connectivity index is 2.03. The van der Waals surface area contributed by atoms with E-state index in [1.165, 1.54) is 7.11 Å². The molecule has 0 fully saturated rings. The van der Waals surface area contributed by atoms with Crippen LogP contribution < -0.4 is 0 Å². The Labute approximate surface area is 123 Å². The van der Waals surface area contributed by atoms with E-state index >= 15 is 0 Å². The Hall–Kier alpha value is -1.87. The topological polar surface area (TPSA) is 39.2 Å². The van der Waals surface area contributed by atoms with E-state index in [-0.39, 0.29) is 11.3 Å². The summed E-state index contributed by atoms with van der Waals surface area (Å²) in [5.41, 5.74) is 3.08. The van der Waals surface area contributed by atoms with Gasteiger partial charge < -0.3 is 4.74 Å². The summed E-state index contributed by atoms with van der Waals surface area (Å²) in [7, 11) is 1.40. The number of carbonyl (C=O) groups is 1. The number of esters is 1. The molecule has 0 bridgehead atoms. The number of methoxy groups -OCH3 is 1. The lowest BCUT2D eigenvalue weighted by Crippen LogP contribution is -2.02. The van der Waals surface area contributed by atoms with Crippen LogP contribution in [0.1, 0.15) is 28.5 Å². The zero-order chi connectivity index (χ0) is 14.4. The van der Waals surface area contributed by atoms with Crippen molar-refractivity contribution in [2.45, 2.75) is 18.2 Å². The van der Waals surface area contributed by atoms with Crippen molar-refractivity contribution in [2.24, 2.45) is 0 Å². The van der Waals surface area contributed by atoms with Crippen molar-refractivity contribution in [2.75, 3.05) is 7.11 Å². The first-order valence-corrected chi connectivity index (χ1v) is 6.84. The van der Waals surface area contributed by atoms with Gasteiger partial charge in [-0.2, -0.15) is 0 Å². The van der Waals surface area contributed by atoms with Crippen LogP contribution in [0.25, 0.3) is 0 Å². The van der Waals surface area contributed by atoms with Crippen molar-refractivity contribution in [3.05, 3.63) is 65.5 Å². The second-order valence-corrected chi connectivity index (χ2v) is 4.90. The predicted octanol–water partition coefficient (Wildman–Crippen LogP) is 3.52. The van der Waals surface area contributed by atoms with Crippen LogP contribution in [0.15, 0.2) is 48.8 Å². The summed E-state index contributed by atoms with van der Waals surface area (Å²) in [6, 6.07) is 11.8. The number of pyridine rings is 1. The molecule has 0 amide bonds. The van der Waals surface area contributed by atoms with Gasteiger partial charge >= 0.3 is 5.97 Å². The van der Waals surface area contributed by atoms with Gasteiger partial charge in [0.05, 0.1) is 12.5 Å². The summed E-state index contributed by atoms with van der Waals surface area (Å²) in [5.74, 6) is -0.195. The molecule has 0 saturated heterocycles. The number of nitrogens with zero attached hydrogens (tertiary/aromatic N) is 1. The molecule has 20 heavy (non-hydrogen) atoms. The van der Waals surface area contributed by atoms with Gasteiger partial charge in [-0.15, -0.1) is 11.6 Å². The fraction of sp³-hybridized carbons (Fsp3) is 0.250. The minimum absolute atomic E-state index is 0.195. The number of aryl methyl sites for hydroxylation is 1. The third-order valence-corrected chi connectivity index (χ3v) is 3.60. The Morgan fingerprint density at radius 1 is 1.25 bits per heavy atom. The van der Waals surface area contributed by atoms with Crippen LogP contribution in [0.5, 0.6) is 0 Å². The van der Waals surface area contributed by atoms with E-state index in [0.29, 0.717) is 12.8 Å². The smallest absolute Gasteiger partial charge is 0.305 e. The lowest BCUT2D eigenvalue weighted by atomic mass is 10.0. The molecule has 0 saturated carbocycles. The minimum atomic E-state index is -0.210. The molecule has 1 aromatic heterocycles. The molecule has 0 spiro atoms. The van der Waals surface area contributed by atoms with E-state index in [2.05, 4.69) is 9.72 Å². The number of benzene rings is 1. The molecule has 1 heterocycles. The van der Waals surface area contributed by atoms with Gasteiger partial charge in [0.1, 0.15) is 0 Å². The quantitative estimate of drug-likeness (QED) is 0.624. The van der Waals surface area contributed by atoms with Crippen molar-refractivity contribution in [1.29, 1.82) is 0 Å². The van der Waals surface area contributed by atoms with Crippen LogP contribution in [0, 0.1) is 0 Å². The van der Waals surface area contributed by atoms with Gasteiger partial charge in [-0.05, 0) is 29.2 Å². The van der Waals surface area contributed by atoms with Crippen molar-refractivity contribution in [1.82, 2.24) is 4.98 Å². The first-order chi connectivity index (χ1) is 9.70. The van der Waals surface area contributed by atoms with Crippen molar-refractivity contribution in [3.63, 3.8) is 0 Å². The van der Waals surface area contributed by atoms with Crippen molar-refractivity contribution < 1.29 is 9.53 Å². The van der Waals surface area contributed by atoms with Gasteiger partial charge in [0.2, 0.25) is 0 Å². The molecule has 0 radical (unpaired) electrons. The number of hydrogen-bond donors (Lipinski definition) is 0. The number of carbonyl (C=O) groups excluding carboxylic acids is 1. The highest BCUT2D eigenvalue weighted by atomic mass is 35.5. The van der Waals surface area contributed by atoms with E-state index in [9.17, 15) is 4.79 Å². The van der Waals surface area contributed by atoms with Gasteiger partial charge in [-0.3, -0.25) is 9.78 Å². The molecule has 2 rings (SSSR count). The molecule has 0 aliphatic rings. The van der Waals surface area contributed by atoms with Crippen LogP contribution in [0.3, 0.4) is 0 Å². The maximum absolute atomic E-state index is 11.1. The molecule has 0 aliphatic carbocycles. The molecule has 0 N–H and O–H groups in total. The molecule has 1 unspecified atom stereocenters. The number of rotatable bonds is 5. The second kappa shape index (κ2) is 7.06.